The van der Waals surface area contributed by atoms with Crippen molar-refractivity contribution in [3.8, 4) is 17.0 Å². The zero-order valence-corrected chi connectivity index (χ0v) is 21.0. The monoisotopic (exact) mass is 485 g/mol. The maximum absolute atomic E-state index is 13.6. The van der Waals surface area contributed by atoms with Gasteiger partial charge in [0.05, 0.1) is 6.04 Å². The average Bonchev–Trinajstić information content (AvgIpc) is 3.37. The molecule has 35 heavy (non-hydrogen) atoms. The molecule has 6 heteroatoms. The van der Waals surface area contributed by atoms with Crippen LogP contribution >= 0.6 is 11.6 Å². The number of fused-ring (bicyclic) bond motifs is 1. The Morgan fingerprint density at radius 3 is 2.40 bits per heavy atom. The molecular weight excluding hydrogens is 458 g/mol. The Kier molecular flexibility index (Phi) is 5.89. The highest BCUT2D eigenvalue weighted by Gasteiger charge is 2.42. The molecule has 2 heterocycles. The number of hydrogen-bond acceptors (Lipinski definition) is 3. The maximum atomic E-state index is 13.6. The molecule has 1 amide bonds. The van der Waals surface area contributed by atoms with Crippen molar-refractivity contribution in [3.63, 3.8) is 0 Å². The van der Waals surface area contributed by atoms with Crippen molar-refractivity contribution in [2.45, 2.75) is 46.2 Å². The number of phenols is 1. The van der Waals surface area contributed by atoms with E-state index in [0.29, 0.717) is 34.4 Å². The molecule has 2 N–H and O–H groups in total. The molecule has 0 saturated heterocycles. The van der Waals surface area contributed by atoms with Crippen molar-refractivity contribution in [1.29, 1.82) is 0 Å². The van der Waals surface area contributed by atoms with Crippen LogP contribution in [0.1, 0.15) is 69.7 Å². The van der Waals surface area contributed by atoms with Gasteiger partial charge in [-0.3, -0.25) is 9.89 Å². The van der Waals surface area contributed by atoms with Crippen molar-refractivity contribution in [1.82, 2.24) is 15.1 Å². The topological polar surface area (TPSA) is 69.2 Å². The minimum atomic E-state index is -0.353. The fourth-order valence-electron chi connectivity index (χ4n) is 4.72. The van der Waals surface area contributed by atoms with Gasteiger partial charge in [0.1, 0.15) is 17.1 Å². The third kappa shape index (κ3) is 4.10. The molecule has 1 unspecified atom stereocenters. The molecule has 178 valence electrons. The number of nitrogens with zero attached hydrogens (tertiary/aromatic N) is 2. The first-order valence-corrected chi connectivity index (χ1v) is 12.2. The zero-order chi connectivity index (χ0) is 24.9. The Balaban J connectivity index is 1.66. The van der Waals surface area contributed by atoms with Crippen LogP contribution in [0.4, 0.5) is 0 Å². The van der Waals surface area contributed by atoms with E-state index in [0.717, 1.165) is 22.3 Å². The fourth-order valence-corrected chi connectivity index (χ4v) is 4.88. The van der Waals surface area contributed by atoms with Crippen molar-refractivity contribution in [3.05, 3.63) is 105 Å². The van der Waals surface area contributed by atoms with Gasteiger partial charge in [0, 0.05) is 22.7 Å². The number of aryl methyl sites for hydroxylation is 2. The van der Waals surface area contributed by atoms with Gasteiger partial charge in [0.25, 0.3) is 5.91 Å². The lowest BCUT2D eigenvalue weighted by atomic mass is 9.93. The molecule has 0 fully saturated rings. The summed E-state index contributed by atoms with van der Waals surface area (Å²) in [6.07, 6.45) is 0. The van der Waals surface area contributed by atoms with Gasteiger partial charge in [-0.25, -0.2) is 0 Å². The average molecular weight is 486 g/mol. The van der Waals surface area contributed by atoms with E-state index in [1.807, 2.05) is 18.7 Å². The molecular formula is C29H28ClN3O2. The molecule has 5 nitrogen and oxygen atoms in total. The van der Waals surface area contributed by atoms with Crippen molar-refractivity contribution in [2.24, 2.45) is 0 Å². The lowest BCUT2D eigenvalue weighted by Gasteiger charge is -2.27. The van der Waals surface area contributed by atoms with E-state index in [2.05, 4.69) is 72.6 Å². The number of carbonyl (C=O) groups excluding carboxylic acids is 1. The Morgan fingerprint density at radius 2 is 1.74 bits per heavy atom. The van der Waals surface area contributed by atoms with Crippen LogP contribution in [0.5, 0.6) is 5.75 Å². The van der Waals surface area contributed by atoms with Crippen LogP contribution < -0.4 is 0 Å². The van der Waals surface area contributed by atoms with Crippen molar-refractivity contribution >= 4 is 17.5 Å². The lowest BCUT2D eigenvalue weighted by Crippen LogP contribution is -2.29. The van der Waals surface area contributed by atoms with Gasteiger partial charge in [0.15, 0.2) is 0 Å². The van der Waals surface area contributed by atoms with Crippen LogP contribution in [-0.4, -0.2) is 26.1 Å². The van der Waals surface area contributed by atoms with Gasteiger partial charge in [-0.1, -0.05) is 79.5 Å². The molecule has 4 aromatic rings. The van der Waals surface area contributed by atoms with Gasteiger partial charge >= 0.3 is 0 Å². The number of aromatic amines is 1. The predicted molar refractivity (Wildman–Crippen MR) is 139 cm³/mol. The van der Waals surface area contributed by atoms with Crippen LogP contribution in [0.15, 0.2) is 60.7 Å². The zero-order valence-electron chi connectivity index (χ0n) is 20.3. The first-order chi connectivity index (χ1) is 16.7. The van der Waals surface area contributed by atoms with E-state index in [1.165, 1.54) is 11.1 Å². The number of aromatic hydroxyl groups is 1. The quantitative estimate of drug-likeness (QED) is 0.322. The summed E-state index contributed by atoms with van der Waals surface area (Å²) in [5, 5.41) is 18.7. The normalized spacial score (nSPS) is 15.2. The van der Waals surface area contributed by atoms with Crippen molar-refractivity contribution in [2.75, 3.05) is 0 Å². The second-order valence-electron chi connectivity index (χ2n) is 9.62. The second-order valence-corrected chi connectivity index (χ2v) is 10.0. The second kappa shape index (κ2) is 8.90. The fraction of sp³-hybridized carbons (Fsp3) is 0.241. The predicted octanol–water partition coefficient (Wildman–Crippen LogP) is 6.92. The van der Waals surface area contributed by atoms with E-state index < -0.39 is 0 Å². The maximum Gasteiger partial charge on any atom is 0.273 e. The first kappa shape index (κ1) is 23.2. The summed E-state index contributed by atoms with van der Waals surface area (Å²) in [7, 11) is 0. The number of H-pyrrole nitrogens is 1. The number of benzene rings is 3. The highest BCUT2D eigenvalue weighted by atomic mass is 35.5. The Bertz CT molecular complexity index is 1410. The number of nitrogens with one attached hydrogen (secondary N) is 1. The van der Waals surface area contributed by atoms with Crippen LogP contribution in [0.25, 0.3) is 11.3 Å². The number of hydrogen-bond donors (Lipinski definition) is 2. The summed E-state index contributed by atoms with van der Waals surface area (Å²) in [6, 6.07) is 19.6. The molecule has 1 aromatic heterocycles. The number of aromatic nitrogens is 2. The van der Waals surface area contributed by atoms with Gasteiger partial charge in [-0.15, -0.1) is 0 Å². The van der Waals surface area contributed by atoms with Crippen LogP contribution in [0.3, 0.4) is 0 Å². The summed E-state index contributed by atoms with van der Waals surface area (Å²) in [6.45, 7) is 8.67. The van der Waals surface area contributed by atoms with E-state index in [4.69, 9.17) is 11.6 Å². The summed E-state index contributed by atoms with van der Waals surface area (Å²) in [5.74, 6) is 0.374. The minimum Gasteiger partial charge on any atom is -0.507 e. The third-order valence-electron chi connectivity index (χ3n) is 6.79. The number of carbonyl (C=O) groups is 1. The molecule has 1 aliphatic heterocycles. The van der Waals surface area contributed by atoms with E-state index in [1.54, 1.807) is 12.1 Å². The smallest absolute Gasteiger partial charge is 0.273 e. The Hall–Kier alpha value is -3.57. The molecule has 0 radical (unpaired) electrons. The number of phenolic OH excluding ortho intramolecular Hbond substituents is 1. The third-order valence-corrected chi connectivity index (χ3v) is 7.20. The number of halogens is 1. The summed E-state index contributed by atoms with van der Waals surface area (Å²) < 4.78 is 0. The summed E-state index contributed by atoms with van der Waals surface area (Å²) in [5.41, 5.74) is 7.48. The van der Waals surface area contributed by atoms with E-state index >= 15 is 0 Å². The Morgan fingerprint density at radius 1 is 1.06 bits per heavy atom. The van der Waals surface area contributed by atoms with Gasteiger partial charge in [-0.2, -0.15) is 5.10 Å². The molecule has 0 bridgehead atoms. The summed E-state index contributed by atoms with van der Waals surface area (Å²) in [4.78, 5) is 15.5. The molecule has 0 saturated carbocycles. The van der Waals surface area contributed by atoms with E-state index in [9.17, 15) is 9.90 Å². The molecule has 3 aromatic carbocycles. The standard InChI is InChI=1S/C29H28ClN3O2/c1-16(2)20-9-11-21(12-10-20)28-25-26(22-14-23(30)18(4)13-24(22)34)31-32-27(25)29(35)33(28)15-19-7-5-17(3)6-8-19/h5-14,16,28,34H,15H2,1-4H3,(H,31,32). The number of rotatable bonds is 5. The van der Waals surface area contributed by atoms with Gasteiger partial charge in [-0.05, 0) is 54.2 Å². The van der Waals surface area contributed by atoms with Crippen LogP contribution in [0, 0.1) is 13.8 Å². The van der Waals surface area contributed by atoms with Crippen LogP contribution in [0.2, 0.25) is 5.02 Å². The SMILES string of the molecule is Cc1ccc(CN2C(=O)c3[nH]nc(-c4cc(Cl)c(C)cc4O)c3C2c2ccc(C(C)C)cc2)cc1. The molecule has 1 aliphatic rings. The largest absolute Gasteiger partial charge is 0.507 e. The highest BCUT2D eigenvalue weighted by molar-refractivity contribution is 6.31. The Labute approximate surface area is 210 Å². The van der Waals surface area contributed by atoms with Crippen LogP contribution in [-0.2, 0) is 6.54 Å². The van der Waals surface area contributed by atoms with Gasteiger partial charge in [0.2, 0.25) is 0 Å². The molecule has 1 atom stereocenters. The minimum absolute atomic E-state index is 0.0829. The van der Waals surface area contributed by atoms with Gasteiger partial charge < -0.3 is 10.0 Å². The number of amides is 1. The molecule has 0 spiro atoms. The van der Waals surface area contributed by atoms with Crippen molar-refractivity contribution < 1.29 is 9.90 Å². The van der Waals surface area contributed by atoms with E-state index in [-0.39, 0.29) is 17.7 Å². The molecule has 5 rings (SSSR count). The lowest BCUT2D eigenvalue weighted by molar-refractivity contribution is 0.0730. The summed E-state index contributed by atoms with van der Waals surface area (Å²) >= 11 is 6.41. The highest BCUT2D eigenvalue weighted by Crippen LogP contribution is 2.46. The first-order valence-electron chi connectivity index (χ1n) is 11.8. The molecule has 0 aliphatic carbocycles.